The molecule has 4 rings (SSSR count). The second-order valence-electron chi connectivity index (χ2n) is 5.45. The lowest BCUT2D eigenvalue weighted by Gasteiger charge is -2.39. The van der Waals surface area contributed by atoms with Crippen molar-refractivity contribution in [2.45, 2.75) is 19.3 Å². The van der Waals surface area contributed by atoms with Crippen LogP contribution in [0, 0.1) is 17.8 Å². The van der Waals surface area contributed by atoms with Gasteiger partial charge in [0.15, 0.2) is 5.76 Å². The molecule has 1 aromatic heterocycles. The van der Waals surface area contributed by atoms with Gasteiger partial charge in [-0.3, -0.25) is 0 Å². The number of nitrogens with zero attached hydrogens (tertiary/aromatic N) is 1. The molecule has 20 heavy (non-hydrogen) atoms. The molecule has 0 aliphatic heterocycles. The second-order valence-corrected chi connectivity index (χ2v) is 5.86. The minimum atomic E-state index is -0.281. The molecular formula is C17H12ClNO. The highest BCUT2D eigenvalue weighted by atomic mass is 35.5. The number of rotatable bonds is 0. The molecule has 0 bridgehead atoms. The van der Waals surface area contributed by atoms with Gasteiger partial charge < -0.3 is 4.52 Å². The Bertz CT molecular complexity index is 781. The van der Waals surface area contributed by atoms with Crippen LogP contribution in [-0.2, 0) is 12.8 Å². The zero-order valence-corrected chi connectivity index (χ0v) is 11.6. The van der Waals surface area contributed by atoms with Gasteiger partial charge in [0.25, 0.3) is 0 Å². The summed E-state index contributed by atoms with van der Waals surface area (Å²) in [5.74, 6) is 3.83. The first-order valence-electron chi connectivity index (χ1n) is 6.65. The van der Waals surface area contributed by atoms with Crippen molar-refractivity contribution in [1.29, 1.82) is 0 Å². The van der Waals surface area contributed by atoms with Crippen molar-refractivity contribution >= 4 is 23.3 Å². The summed E-state index contributed by atoms with van der Waals surface area (Å²) < 4.78 is 5.31. The molecule has 1 atom stereocenters. The number of halogens is 1. The average Bonchev–Trinajstić information content (AvgIpc) is 2.91. The first-order valence-corrected chi connectivity index (χ1v) is 7.02. The van der Waals surface area contributed by atoms with E-state index in [9.17, 15) is 0 Å². The summed E-state index contributed by atoms with van der Waals surface area (Å²) in [7, 11) is 0. The molecule has 1 aromatic carbocycles. The van der Waals surface area contributed by atoms with Gasteiger partial charge in [0.05, 0.1) is 11.6 Å². The van der Waals surface area contributed by atoms with Crippen molar-refractivity contribution < 1.29 is 4.52 Å². The van der Waals surface area contributed by atoms with Gasteiger partial charge in [0.1, 0.15) is 0 Å². The highest BCUT2D eigenvalue weighted by Crippen LogP contribution is 2.52. The fourth-order valence-electron chi connectivity index (χ4n) is 3.37. The van der Waals surface area contributed by atoms with Gasteiger partial charge in [-0.2, -0.15) is 0 Å². The Balaban J connectivity index is 2.03. The maximum Gasteiger partial charge on any atom is 0.163 e. The van der Waals surface area contributed by atoms with Gasteiger partial charge in [-0.15, -0.1) is 6.42 Å². The van der Waals surface area contributed by atoms with Crippen LogP contribution in [-0.4, -0.2) is 5.16 Å². The summed E-state index contributed by atoms with van der Waals surface area (Å²) in [4.78, 5) is 0. The van der Waals surface area contributed by atoms with Crippen LogP contribution >= 0.6 is 11.6 Å². The predicted molar refractivity (Wildman–Crippen MR) is 79.1 cm³/mol. The Hall–Kier alpha value is -1.98. The van der Waals surface area contributed by atoms with Crippen LogP contribution in [0.2, 0.25) is 5.02 Å². The van der Waals surface area contributed by atoms with Crippen molar-refractivity contribution in [3.8, 4) is 12.3 Å². The number of hydrogen-bond acceptors (Lipinski definition) is 2. The molecule has 1 heterocycles. The van der Waals surface area contributed by atoms with Crippen molar-refractivity contribution in [3.05, 3.63) is 51.9 Å². The number of hydrogen-bond donors (Lipinski definition) is 0. The Morgan fingerprint density at radius 3 is 3.10 bits per heavy atom. The van der Waals surface area contributed by atoms with Gasteiger partial charge in [0, 0.05) is 16.1 Å². The van der Waals surface area contributed by atoms with Crippen molar-refractivity contribution in [3.63, 3.8) is 0 Å². The van der Waals surface area contributed by atoms with E-state index in [0.717, 1.165) is 46.7 Å². The summed E-state index contributed by atoms with van der Waals surface area (Å²) in [6.07, 6.45) is 12.4. The third kappa shape index (κ3) is 1.44. The van der Waals surface area contributed by atoms with Crippen LogP contribution in [0.25, 0.3) is 11.6 Å². The predicted octanol–water partition coefficient (Wildman–Crippen LogP) is 3.99. The molecule has 0 fully saturated rings. The third-order valence-electron chi connectivity index (χ3n) is 4.43. The molecule has 2 aromatic rings. The molecule has 0 saturated heterocycles. The van der Waals surface area contributed by atoms with Crippen LogP contribution in [0.5, 0.6) is 0 Å². The summed E-state index contributed by atoms with van der Waals surface area (Å²) in [5, 5.41) is 4.64. The molecule has 2 aliphatic rings. The van der Waals surface area contributed by atoms with E-state index in [1.54, 1.807) is 6.20 Å². The summed E-state index contributed by atoms with van der Waals surface area (Å²) >= 11 is 6.43. The molecule has 0 N–H and O–H groups in total. The van der Waals surface area contributed by atoms with E-state index >= 15 is 0 Å². The van der Waals surface area contributed by atoms with E-state index in [2.05, 4.69) is 17.1 Å². The molecule has 2 nitrogen and oxygen atoms in total. The Morgan fingerprint density at radius 2 is 2.25 bits per heavy atom. The normalized spacial score (nSPS) is 23.1. The van der Waals surface area contributed by atoms with E-state index in [0.29, 0.717) is 0 Å². The minimum absolute atomic E-state index is 0.281. The van der Waals surface area contributed by atoms with E-state index in [4.69, 9.17) is 22.5 Å². The Labute approximate surface area is 122 Å². The topological polar surface area (TPSA) is 26.0 Å². The lowest BCUT2D eigenvalue weighted by atomic mass is 9.63. The van der Waals surface area contributed by atoms with Crippen molar-refractivity contribution in [1.82, 2.24) is 5.16 Å². The average molecular weight is 282 g/mol. The third-order valence-corrected chi connectivity index (χ3v) is 4.74. The maximum atomic E-state index is 6.43. The highest BCUT2D eigenvalue weighted by Gasteiger charge is 2.42. The first kappa shape index (κ1) is 11.8. The van der Waals surface area contributed by atoms with Gasteiger partial charge in [-0.25, -0.2) is 0 Å². The zero-order valence-electron chi connectivity index (χ0n) is 10.8. The number of aryl methyl sites for hydroxylation is 1. The summed E-state index contributed by atoms with van der Waals surface area (Å²) in [5.41, 5.74) is 4.26. The monoisotopic (exact) mass is 281 g/mol. The van der Waals surface area contributed by atoms with E-state index < -0.39 is 0 Å². The van der Waals surface area contributed by atoms with Crippen molar-refractivity contribution in [2.75, 3.05) is 0 Å². The van der Waals surface area contributed by atoms with Gasteiger partial charge in [-0.1, -0.05) is 34.8 Å². The Morgan fingerprint density at radius 1 is 1.35 bits per heavy atom. The van der Waals surface area contributed by atoms with E-state index in [-0.39, 0.29) is 5.41 Å². The zero-order chi connectivity index (χ0) is 13.7. The maximum absolute atomic E-state index is 6.43. The minimum Gasteiger partial charge on any atom is -0.357 e. The number of benzene rings is 1. The molecule has 0 spiro atoms. The van der Waals surface area contributed by atoms with E-state index in [1.807, 2.05) is 18.2 Å². The van der Waals surface area contributed by atoms with Crippen LogP contribution < -0.4 is 0 Å². The number of aromatic nitrogens is 1. The van der Waals surface area contributed by atoms with Crippen molar-refractivity contribution in [2.24, 2.45) is 5.41 Å². The molecule has 0 radical (unpaired) electrons. The van der Waals surface area contributed by atoms with Crippen LogP contribution in [0.15, 0.2) is 28.9 Å². The lowest BCUT2D eigenvalue weighted by Crippen LogP contribution is -2.31. The molecule has 98 valence electrons. The number of allylic oxidation sites excluding steroid dienone is 1. The SMILES string of the molecule is C#CC12CCc3cccc(Cl)c3C1=Cc1oncc1C2. The molecule has 1 unspecified atom stereocenters. The lowest BCUT2D eigenvalue weighted by molar-refractivity contribution is 0.404. The summed E-state index contributed by atoms with van der Waals surface area (Å²) in [6, 6.07) is 6.04. The Kier molecular flexibility index (Phi) is 2.37. The quantitative estimate of drug-likeness (QED) is 0.683. The fourth-order valence-corrected chi connectivity index (χ4v) is 3.67. The summed E-state index contributed by atoms with van der Waals surface area (Å²) in [6.45, 7) is 0. The smallest absolute Gasteiger partial charge is 0.163 e. The largest absolute Gasteiger partial charge is 0.357 e. The molecule has 0 amide bonds. The van der Waals surface area contributed by atoms with Gasteiger partial charge in [-0.05, 0) is 42.5 Å². The molecular weight excluding hydrogens is 270 g/mol. The molecule has 3 heteroatoms. The van der Waals surface area contributed by atoms with Crippen LogP contribution in [0.4, 0.5) is 0 Å². The fraction of sp³-hybridized carbons (Fsp3) is 0.235. The number of fused-ring (bicyclic) bond motifs is 4. The van der Waals surface area contributed by atoms with Gasteiger partial charge >= 0.3 is 0 Å². The first-order chi connectivity index (χ1) is 9.73. The standard InChI is InChI=1S/C17H12ClNO/c1-2-17-7-6-11-4-3-5-14(18)16(11)13(17)8-15-12(9-17)10-19-20-15/h1,3-5,8,10H,6-7,9H2. The number of terminal acetylenes is 1. The van der Waals surface area contributed by atoms with Crippen LogP contribution in [0.1, 0.15) is 28.9 Å². The second kappa shape index (κ2) is 4.01. The van der Waals surface area contributed by atoms with Gasteiger partial charge in [0.2, 0.25) is 0 Å². The molecule has 0 saturated carbocycles. The van der Waals surface area contributed by atoms with E-state index in [1.165, 1.54) is 5.56 Å². The molecule has 2 aliphatic carbocycles. The highest BCUT2D eigenvalue weighted by molar-refractivity contribution is 6.33. The van der Waals surface area contributed by atoms with Crippen LogP contribution in [0.3, 0.4) is 0 Å².